The zero-order chi connectivity index (χ0) is 17.6. The molecule has 0 fully saturated rings. The van der Waals surface area contributed by atoms with Crippen LogP contribution >= 0.6 is 23.2 Å². The van der Waals surface area contributed by atoms with Crippen molar-refractivity contribution in [2.45, 2.75) is 6.61 Å². The number of aliphatic imine (C=N–C) groups is 1. The summed E-state index contributed by atoms with van der Waals surface area (Å²) in [4.78, 5) is 9.89. The van der Waals surface area contributed by atoms with Crippen molar-refractivity contribution in [1.82, 2.24) is 15.8 Å². The maximum absolute atomic E-state index is 6.12. The quantitative estimate of drug-likeness (QED) is 0.399. The molecule has 0 amide bonds. The van der Waals surface area contributed by atoms with E-state index in [4.69, 9.17) is 33.8 Å². The van der Waals surface area contributed by atoms with Crippen LogP contribution in [0.3, 0.4) is 0 Å². The van der Waals surface area contributed by atoms with Crippen LogP contribution < -0.4 is 11.2 Å². The van der Waals surface area contributed by atoms with Gasteiger partial charge in [0.2, 0.25) is 0 Å². The summed E-state index contributed by atoms with van der Waals surface area (Å²) in [6.07, 6.45) is 0. The summed E-state index contributed by atoms with van der Waals surface area (Å²) in [7, 11) is 0. The summed E-state index contributed by atoms with van der Waals surface area (Å²) in [6.45, 7) is 0.176. The van der Waals surface area contributed by atoms with Gasteiger partial charge in [-0.3, -0.25) is 4.84 Å². The summed E-state index contributed by atoms with van der Waals surface area (Å²) < 4.78 is 4.62. The number of aromatic nitrogens is 2. The largest absolute Gasteiger partial charge is 0.379 e. The van der Waals surface area contributed by atoms with Gasteiger partial charge in [-0.2, -0.15) is 0 Å². The molecule has 0 aliphatic rings. The molecule has 7 nitrogen and oxygen atoms in total. The van der Waals surface area contributed by atoms with Gasteiger partial charge in [-0.15, -0.1) is 0 Å². The highest BCUT2D eigenvalue weighted by molar-refractivity contribution is 6.35. The number of benzene rings is 2. The molecular formula is C16H13Cl2N5O2. The van der Waals surface area contributed by atoms with E-state index in [2.05, 4.69) is 25.4 Å². The second-order valence-corrected chi connectivity index (χ2v) is 5.76. The number of nitrogen functional groups attached to an aromatic ring is 1. The average Bonchev–Trinajstić information content (AvgIpc) is 3.03. The van der Waals surface area contributed by atoms with E-state index < -0.39 is 0 Å². The molecule has 0 aliphatic heterocycles. The van der Waals surface area contributed by atoms with Crippen LogP contribution in [0.5, 0.6) is 0 Å². The lowest BCUT2D eigenvalue weighted by atomic mass is 10.2. The number of nitrogens with two attached hydrogens (primary N) is 1. The Morgan fingerprint density at radius 1 is 1.16 bits per heavy atom. The predicted octanol–water partition coefficient (Wildman–Crippen LogP) is 3.76. The first-order chi connectivity index (χ1) is 12.1. The third-order valence-corrected chi connectivity index (χ3v) is 3.73. The highest BCUT2D eigenvalue weighted by atomic mass is 35.5. The standard InChI is InChI=1S/C16H13Cl2N5O2/c17-11-7-6-10(13(18)8-11)9-24-23-16(14-15(19)22-25-21-14)20-12-4-2-1-3-5-12/h1-8H,9H2,(H2,19,22)(H,20,23). The molecule has 0 saturated carbocycles. The van der Waals surface area contributed by atoms with E-state index in [0.717, 1.165) is 5.56 Å². The van der Waals surface area contributed by atoms with Gasteiger partial charge in [0.05, 0.1) is 5.69 Å². The van der Waals surface area contributed by atoms with Crippen LogP contribution in [0.25, 0.3) is 0 Å². The van der Waals surface area contributed by atoms with E-state index in [1.54, 1.807) is 18.2 Å². The lowest BCUT2D eigenvalue weighted by Gasteiger charge is -2.09. The Balaban J connectivity index is 1.77. The molecule has 1 heterocycles. The highest BCUT2D eigenvalue weighted by Crippen LogP contribution is 2.21. The average molecular weight is 378 g/mol. The molecule has 0 aliphatic carbocycles. The van der Waals surface area contributed by atoms with Crippen molar-refractivity contribution in [3.05, 3.63) is 69.8 Å². The van der Waals surface area contributed by atoms with Crippen molar-refractivity contribution >= 4 is 40.5 Å². The number of anilines is 1. The first kappa shape index (κ1) is 17.2. The minimum absolute atomic E-state index is 0.0929. The molecule has 1 aromatic heterocycles. The fourth-order valence-corrected chi connectivity index (χ4v) is 2.40. The van der Waals surface area contributed by atoms with Crippen LogP contribution in [0, 0.1) is 0 Å². The molecule has 3 aromatic rings. The molecule has 0 unspecified atom stereocenters. The molecule has 0 atom stereocenters. The van der Waals surface area contributed by atoms with Crippen LogP contribution in [0.4, 0.5) is 11.5 Å². The first-order valence-corrected chi connectivity index (χ1v) is 7.93. The normalized spacial score (nSPS) is 11.5. The van der Waals surface area contributed by atoms with Gasteiger partial charge in [-0.1, -0.05) is 47.5 Å². The second kappa shape index (κ2) is 7.98. The van der Waals surface area contributed by atoms with Gasteiger partial charge in [0.15, 0.2) is 17.3 Å². The Hall–Kier alpha value is -2.61. The number of hydrogen-bond donors (Lipinski definition) is 2. The number of rotatable bonds is 5. The maximum Gasteiger partial charge on any atom is 0.199 e. The van der Waals surface area contributed by atoms with Crippen LogP contribution in [-0.2, 0) is 11.4 Å². The summed E-state index contributed by atoms with van der Waals surface area (Å²) in [6, 6.07) is 14.4. The third-order valence-electron chi connectivity index (χ3n) is 3.15. The summed E-state index contributed by atoms with van der Waals surface area (Å²) in [5.74, 6) is 0.352. The van der Waals surface area contributed by atoms with E-state index in [-0.39, 0.29) is 24.0 Å². The Labute approximate surface area is 153 Å². The summed E-state index contributed by atoms with van der Waals surface area (Å²) in [5, 5.41) is 8.34. The minimum atomic E-state index is 0.0929. The minimum Gasteiger partial charge on any atom is -0.379 e. The van der Waals surface area contributed by atoms with Crippen LogP contribution in [0.1, 0.15) is 11.3 Å². The fourth-order valence-electron chi connectivity index (χ4n) is 1.94. The summed E-state index contributed by atoms with van der Waals surface area (Å²) >= 11 is 12.0. The van der Waals surface area contributed by atoms with Crippen molar-refractivity contribution in [1.29, 1.82) is 0 Å². The van der Waals surface area contributed by atoms with Crippen LogP contribution in [0.2, 0.25) is 10.0 Å². The zero-order valence-corrected chi connectivity index (χ0v) is 14.3. The third kappa shape index (κ3) is 4.48. The number of hydrogen-bond acceptors (Lipinski definition) is 6. The summed E-state index contributed by atoms with van der Waals surface area (Å²) in [5.41, 5.74) is 10.1. The molecular weight excluding hydrogens is 365 g/mol. The Morgan fingerprint density at radius 3 is 2.64 bits per heavy atom. The predicted molar refractivity (Wildman–Crippen MR) is 95.7 cm³/mol. The van der Waals surface area contributed by atoms with Crippen molar-refractivity contribution in [3.8, 4) is 0 Å². The van der Waals surface area contributed by atoms with E-state index in [1.807, 2.05) is 30.3 Å². The molecule has 9 heteroatoms. The number of para-hydroxylation sites is 1. The zero-order valence-electron chi connectivity index (χ0n) is 12.8. The molecule has 3 N–H and O–H groups in total. The molecule has 3 rings (SSSR count). The van der Waals surface area contributed by atoms with E-state index in [0.29, 0.717) is 15.7 Å². The number of nitrogens with one attached hydrogen (secondary N) is 1. The van der Waals surface area contributed by atoms with Gasteiger partial charge >= 0.3 is 0 Å². The maximum atomic E-state index is 6.12. The van der Waals surface area contributed by atoms with Crippen LogP contribution in [-0.4, -0.2) is 16.1 Å². The monoisotopic (exact) mass is 377 g/mol. The van der Waals surface area contributed by atoms with Gasteiger partial charge in [-0.05, 0) is 40.1 Å². The topological polar surface area (TPSA) is 98.6 Å². The molecule has 2 aromatic carbocycles. The number of hydroxylamine groups is 1. The fraction of sp³-hybridized carbons (Fsp3) is 0.0625. The number of amidine groups is 1. The Bertz CT molecular complexity index is 883. The molecule has 25 heavy (non-hydrogen) atoms. The van der Waals surface area contributed by atoms with E-state index in [1.165, 1.54) is 0 Å². The molecule has 0 radical (unpaired) electrons. The molecule has 0 bridgehead atoms. The van der Waals surface area contributed by atoms with Gasteiger partial charge in [0.25, 0.3) is 0 Å². The number of halogens is 2. The van der Waals surface area contributed by atoms with Gasteiger partial charge in [-0.25, -0.2) is 15.1 Å². The van der Waals surface area contributed by atoms with Crippen molar-refractivity contribution in [2.24, 2.45) is 4.99 Å². The van der Waals surface area contributed by atoms with Crippen LogP contribution in [0.15, 0.2) is 58.2 Å². The first-order valence-electron chi connectivity index (χ1n) is 7.17. The highest BCUT2D eigenvalue weighted by Gasteiger charge is 2.15. The Kier molecular flexibility index (Phi) is 5.49. The van der Waals surface area contributed by atoms with E-state index in [9.17, 15) is 0 Å². The lowest BCUT2D eigenvalue weighted by Crippen LogP contribution is -2.26. The number of nitrogens with zero attached hydrogens (tertiary/aromatic N) is 3. The van der Waals surface area contributed by atoms with Gasteiger partial charge in [0, 0.05) is 10.0 Å². The SMILES string of the molecule is Nc1nonc1C(=Nc1ccccc1)NOCc1ccc(Cl)cc1Cl. The van der Waals surface area contributed by atoms with Crippen molar-refractivity contribution < 1.29 is 9.47 Å². The van der Waals surface area contributed by atoms with Gasteiger partial charge in [0.1, 0.15) is 6.61 Å². The molecule has 0 saturated heterocycles. The second-order valence-electron chi connectivity index (χ2n) is 4.92. The van der Waals surface area contributed by atoms with Gasteiger partial charge < -0.3 is 5.73 Å². The molecule has 128 valence electrons. The lowest BCUT2D eigenvalue weighted by molar-refractivity contribution is 0.0714. The molecule has 0 spiro atoms. The Morgan fingerprint density at radius 2 is 1.96 bits per heavy atom. The van der Waals surface area contributed by atoms with E-state index >= 15 is 0 Å². The smallest absolute Gasteiger partial charge is 0.199 e. The van der Waals surface area contributed by atoms with Crippen molar-refractivity contribution in [2.75, 3.05) is 5.73 Å². The van der Waals surface area contributed by atoms with Crippen molar-refractivity contribution in [3.63, 3.8) is 0 Å².